The summed E-state index contributed by atoms with van der Waals surface area (Å²) in [5, 5.41) is 8.44. The number of hydrogen-bond acceptors (Lipinski definition) is 6. The molecule has 0 aromatic rings. The topological polar surface area (TPSA) is 66.4 Å². The quantitative estimate of drug-likeness (QED) is 0.385. The summed E-state index contributed by atoms with van der Waals surface area (Å²) in [6.45, 7) is 8.86. The van der Waals surface area contributed by atoms with Crippen molar-refractivity contribution in [2.45, 2.75) is 13.8 Å². The summed E-state index contributed by atoms with van der Waals surface area (Å²) in [7, 11) is 1.64. The highest BCUT2D eigenvalue weighted by Crippen LogP contribution is 1.82. The van der Waals surface area contributed by atoms with Crippen molar-refractivity contribution in [3.63, 3.8) is 0 Å². The molecule has 0 unspecified atom stereocenters. The van der Waals surface area contributed by atoms with Gasteiger partial charge in [-0.1, -0.05) is 12.2 Å². The summed E-state index contributed by atoms with van der Waals surface area (Å²) in [5.41, 5.74) is 0. The molecule has 0 aliphatic rings. The summed E-state index contributed by atoms with van der Waals surface area (Å²) < 4.78 is 25.6. The van der Waals surface area contributed by atoms with Gasteiger partial charge >= 0.3 is 0 Å². The Labute approximate surface area is 129 Å². The van der Waals surface area contributed by atoms with E-state index in [1.807, 2.05) is 26.0 Å². The lowest BCUT2D eigenvalue weighted by molar-refractivity contribution is -0.0105. The summed E-state index contributed by atoms with van der Waals surface area (Å²) in [6, 6.07) is 0. The largest absolute Gasteiger partial charge is 0.394 e. The van der Waals surface area contributed by atoms with Crippen LogP contribution < -0.4 is 0 Å². The molecule has 0 bridgehead atoms. The van der Waals surface area contributed by atoms with Crippen LogP contribution in [0.4, 0.5) is 0 Å². The molecule has 0 atom stereocenters. The van der Waals surface area contributed by atoms with Crippen molar-refractivity contribution in [3.05, 3.63) is 12.2 Å². The maximum Gasteiger partial charge on any atom is 0.0701 e. The molecule has 0 heterocycles. The molecule has 0 aliphatic heterocycles. The van der Waals surface area contributed by atoms with Gasteiger partial charge in [-0.05, 0) is 13.8 Å². The van der Waals surface area contributed by atoms with Crippen molar-refractivity contribution in [3.8, 4) is 0 Å². The zero-order valence-electron chi connectivity index (χ0n) is 13.7. The van der Waals surface area contributed by atoms with Crippen LogP contribution in [0.25, 0.3) is 0 Å². The molecule has 0 fully saturated rings. The van der Waals surface area contributed by atoms with Gasteiger partial charge in [0.1, 0.15) is 0 Å². The highest BCUT2D eigenvalue weighted by Gasteiger charge is 1.92. The van der Waals surface area contributed by atoms with Crippen molar-refractivity contribution in [1.82, 2.24) is 0 Å². The van der Waals surface area contributed by atoms with Crippen LogP contribution >= 0.6 is 0 Å². The van der Waals surface area contributed by atoms with Crippen molar-refractivity contribution < 1.29 is 28.8 Å². The van der Waals surface area contributed by atoms with E-state index in [0.717, 1.165) is 0 Å². The minimum atomic E-state index is 0.0478. The first-order valence-corrected chi connectivity index (χ1v) is 7.31. The van der Waals surface area contributed by atoms with E-state index in [2.05, 4.69) is 0 Å². The molecule has 0 radical (unpaired) electrons. The van der Waals surface area contributed by atoms with Crippen molar-refractivity contribution in [2.75, 3.05) is 73.2 Å². The third-order valence-electron chi connectivity index (χ3n) is 2.12. The summed E-state index contributed by atoms with van der Waals surface area (Å²) in [4.78, 5) is 0. The van der Waals surface area contributed by atoms with Gasteiger partial charge in [0.2, 0.25) is 0 Å². The van der Waals surface area contributed by atoms with E-state index in [9.17, 15) is 0 Å². The summed E-state index contributed by atoms with van der Waals surface area (Å²) in [6.07, 6.45) is 4.00. The van der Waals surface area contributed by atoms with Gasteiger partial charge in [0.25, 0.3) is 0 Å². The van der Waals surface area contributed by atoms with Gasteiger partial charge in [-0.2, -0.15) is 0 Å². The Kier molecular flexibility index (Phi) is 26.6. The van der Waals surface area contributed by atoms with Crippen LogP contribution in [0.2, 0.25) is 0 Å². The Morgan fingerprint density at radius 3 is 1.24 bits per heavy atom. The average Bonchev–Trinajstić information content (AvgIpc) is 2.52. The maximum absolute atomic E-state index is 8.44. The smallest absolute Gasteiger partial charge is 0.0701 e. The molecular weight excluding hydrogens is 276 g/mol. The minimum absolute atomic E-state index is 0.0478. The normalized spacial score (nSPS) is 10.7. The first-order valence-electron chi connectivity index (χ1n) is 7.31. The molecule has 0 amide bonds. The van der Waals surface area contributed by atoms with Gasteiger partial charge in [0.05, 0.1) is 66.1 Å². The van der Waals surface area contributed by atoms with Gasteiger partial charge in [-0.25, -0.2) is 0 Å². The number of hydrogen-bond donors (Lipinski definition) is 1. The van der Waals surface area contributed by atoms with Crippen molar-refractivity contribution in [2.24, 2.45) is 0 Å². The Balaban J connectivity index is 0. The van der Waals surface area contributed by atoms with Crippen LogP contribution in [0.15, 0.2) is 12.2 Å². The SMILES string of the molecule is CC=CC.COCCOCCOCCOCCOCCO. The fourth-order valence-electron chi connectivity index (χ4n) is 0.969. The lowest BCUT2D eigenvalue weighted by atomic mass is 10.6. The fraction of sp³-hybridized carbons (Fsp3) is 0.867. The molecule has 0 spiro atoms. The van der Waals surface area contributed by atoms with Gasteiger partial charge in [0.15, 0.2) is 0 Å². The predicted molar refractivity (Wildman–Crippen MR) is 82.7 cm³/mol. The van der Waals surface area contributed by atoms with Crippen LogP contribution in [0.3, 0.4) is 0 Å². The number of ether oxygens (including phenoxy) is 5. The highest BCUT2D eigenvalue weighted by atomic mass is 16.6. The number of allylic oxidation sites excluding steroid dienone is 2. The van der Waals surface area contributed by atoms with E-state index < -0.39 is 0 Å². The third-order valence-corrected chi connectivity index (χ3v) is 2.12. The number of rotatable bonds is 14. The summed E-state index contributed by atoms with van der Waals surface area (Å²) >= 11 is 0. The van der Waals surface area contributed by atoms with E-state index in [1.165, 1.54) is 0 Å². The van der Waals surface area contributed by atoms with Gasteiger partial charge in [-0.3, -0.25) is 0 Å². The van der Waals surface area contributed by atoms with Crippen LogP contribution in [-0.4, -0.2) is 78.3 Å². The van der Waals surface area contributed by atoms with Gasteiger partial charge < -0.3 is 28.8 Å². The molecule has 6 nitrogen and oxygen atoms in total. The second kappa shape index (κ2) is 24.5. The average molecular weight is 308 g/mol. The van der Waals surface area contributed by atoms with E-state index in [-0.39, 0.29) is 6.61 Å². The van der Waals surface area contributed by atoms with Crippen molar-refractivity contribution >= 4 is 0 Å². The van der Waals surface area contributed by atoms with Crippen LogP contribution in [-0.2, 0) is 23.7 Å². The molecule has 0 saturated heterocycles. The monoisotopic (exact) mass is 308 g/mol. The Morgan fingerprint density at radius 2 is 0.952 bits per heavy atom. The molecule has 1 N–H and O–H groups in total. The lowest BCUT2D eigenvalue weighted by Gasteiger charge is -2.06. The first kappa shape index (κ1) is 22.8. The second-order valence-corrected chi connectivity index (χ2v) is 3.83. The van der Waals surface area contributed by atoms with Crippen LogP contribution in [0.1, 0.15) is 13.8 Å². The molecular formula is C15H32O6. The van der Waals surface area contributed by atoms with E-state index >= 15 is 0 Å². The van der Waals surface area contributed by atoms with Gasteiger partial charge in [0, 0.05) is 7.11 Å². The molecule has 21 heavy (non-hydrogen) atoms. The molecule has 128 valence electrons. The van der Waals surface area contributed by atoms with E-state index in [1.54, 1.807) is 7.11 Å². The highest BCUT2D eigenvalue weighted by molar-refractivity contribution is 4.68. The fourth-order valence-corrected chi connectivity index (χ4v) is 0.969. The Bertz CT molecular complexity index is 169. The minimum Gasteiger partial charge on any atom is -0.394 e. The molecule has 0 saturated carbocycles. The lowest BCUT2D eigenvalue weighted by Crippen LogP contribution is -2.13. The number of aliphatic hydroxyl groups is 1. The third kappa shape index (κ3) is 28.4. The predicted octanol–water partition coefficient (Wildman–Crippen LogP) is 1.27. The Morgan fingerprint density at radius 1 is 0.619 bits per heavy atom. The first-order chi connectivity index (χ1) is 10.3. The maximum atomic E-state index is 8.44. The number of aliphatic hydroxyl groups excluding tert-OH is 1. The van der Waals surface area contributed by atoms with Crippen molar-refractivity contribution in [1.29, 1.82) is 0 Å². The molecule has 0 aromatic carbocycles. The Hall–Kier alpha value is -0.500. The zero-order valence-corrected chi connectivity index (χ0v) is 13.7. The van der Waals surface area contributed by atoms with E-state index in [4.69, 9.17) is 28.8 Å². The van der Waals surface area contributed by atoms with Gasteiger partial charge in [-0.15, -0.1) is 0 Å². The second-order valence-electron chi connectivity index (χ2n) is 3.83. The van der Waals surface area contributed by atoms with Crippen LogP contribution in [0, 0.1) is 0 Å². The zero-order chi connectivity index (χ0) is 16.0. The molecule has 6 heteroatoms. The van der Waals surface area contributed by atoms with E-state index in [0.29, 0.717) is 59.5 Å². The molecule has 0 aliphatic carbocycles. The van der Waals surface area contributed by atoms with Crippen LogP contribution in [0.5, 0.6) is 0 Å². The summed E-state index contributed by atoms with van der Waals surface area (Å²) in [5.74, 6) is 0. The standard InChI is InChI=1S/C11H24O6.C4H8/c1-13-4-5-15-8-9-17-11-10-16-7-6-14-3-2-12;1-3-4-2/h12H,2-11H2,1H3;3-4H,1-2H3. The number of methoxy groups -OCH3 is 1. The molecule has 0 rings (SSSR count). The molecule has 0 aromatic heterocycles.